The molecular formula is C40H58N6O5S. The van der Waals surface area contributed by atoms with Crippen LogP contribution < -0.4 is 11.1 Å². The number of thiazole rings is 1. The SMILES string of the molecule is CC(C)C[C@H](O)[C@H](O)[C@H](CC1CCCCC1)NC(=O)[C@@H](CC(=O)N(CC(=O)N(C)CCc1ccccn1)[C@@H](C)c1ccccc1)Cc1csc(N)n1. The van der Waals surface area contributed by atoms with Gasteiger partial charge in [0.15, 0.2) is 5.13 Å². The van der Waals surface area contributed by atoms with Gasteiger partial charge in [-0.15, -0.1) is 11.3 Å². The van der Waals surface area contributed by atoms with Crippen molar-refractivity contribution in [2.24, 2.45) is 17.8 Å². The topological polar surface area (TPSA) is 162 Å². The summed E-state index contributed by atoms with van der Waals surface area (Å²) in [5.74, 6) is -1.36. The number of carbonyl (C=O) groups is 3. The van der Waals surface area contributed by atoms with Crippen molar-refractivity contribution in [2.75, 3.05) is 25.9 Å². The first-order valence-corrected chi connectivity index (χ1v) is 19.6. The molecule has 4 rings (SSSR count). The molecule has 52 heavy (non-hydrogen) atoms. The Bertz CT molecular complexity index is 1530. The highest BCUT2D eigenvalue weighted by Crippen LogP contribution is 2.30. The lowest BCUT2D eigenvalue weighted by atomic mass is 9.82. The standard InChI is InChI=1S/C40H58N6O5S/c1-27(2)21-35(47)38(50)34(22-29-13-7-5-8-14-29)44-39(51)31(23-33-26-52-40(41)43-33)24-36(48)46(28(3)30-15-9-6-10-16-30)25-37(49)45(4)20-18-32-17-11-12-19-42-32/h6,9-12,15-17,19,26-29,31,34-35,38,47,50H,5,7-8,13-14,18,20-25H2,1-4H3,(H2,41,43)(H,44,51)/t28-,31+,34-,35-,38+/m0/s1. The van der Waals surface area contributed by atoms with Crippen LogP contribution in [-0.2, 0) is 27.2 Å². The molecule has 2 heterocycles. The minimum absolute atomic E-state index is 0.150. The summed E-state index contributed by atoms with van der Waals surface area (Å²) in [6, 6.07) is 14.1. The van der Waals surface area contributed by atoms with Crippen molar-refractivity contribution in [1.82, 2.24) is 25.1 Å². The van der Waals surface area contributed by atoms with E-state index in [1.165, 1.54) is 17.8 Å². The minimum atomic E-state index is -1.16. The summed E-state index contributed by atoms with van der Waals surface area (Å²) in [5, 5.41) is 27.6. The molecule has 1 saturated carbocycles. The molecule has 0 unspecified atom stereocenters. The Morgan fingerprint density at radius 3 is 2.33 bits per heavy atom. The number of carbonyl (C=O) groups excluding carboxylic acids is 3. The molecule has 1 fully saturated rings. The van der Waals surface area contributed by atoms with Crippen LogP contribution in [0.15, 0.2) is 60.1 Å². The molecular weight excluding hydrogens is 677 g/mol. The summed E-state index contributed by atoms with van der Waals surface area (Å²) in [6.07, 6.45) is 6.43. The summed E-state index contributed by atoms with van der Waals surface area (Å²) in [6.45, 7) is 6.11. The van der Waals surface area contributed by atoms with E-state index in [4.69, 9.17) is 5.73 Å². The first-order chi connectivity index (χ1) is 24.9. The molecule has 1 aliphatic rings. The van der Waals surface area contributed by atoms with Crippen LogP contribution in [0.4, 0.5) is 5.13 Å². The van der Waals surface area contributed by atoms with Gasteiger partial charge in [-0.3, -0.25) is 19.4 Å². The number of aromatic nitrogens is 2. The highest BCUT2D eigenvalue weighted by atomic mass is 32.1. The number of nitrogen functional groups attached to an aromatic ring is 1. The van der Waals surface area contributed by atoms with Gasteiger partial charge >= 0.3 is 0 Å². The fourth-order valence-corrected chi connectivity index (χ4v) is 7.66. The van der Waals surface area contributed by atoms with Crippen molar-refractivity contribution < 1.29 is 24.6 Å². The predicted octanol–water partition coefficient (Wildman–Crippen LogP) is 5.18. The fraction of sp³-hybridized carbons (Fsp3) is 0.575. The Kier molecular flexibility index (Phi) is 16.0. The van der Waals surface area contributed by atoms with Crippen molar-refractivity contribution >= 4 is 34.2 Å². The maximum atomic E-state index is 14.4. The number of nitrogens with one attached hydrogen (secondary N) is 1. The molecule has 3 amide bonds. The van der Waals surface area contributed by atoms with Crippen LogP contribution in [0.1, 0.15) is 95.1 Å². The normalized spacial score (nSPS) is 16.4. The predicted molar refractivity (Wildman–Crippen MR) is 205 cm³/mol. The van der Waals surface area contributed by atoms with Crippen molar-refractivity contribution in [3.05, 3.63) is 77.1 Å². The first kappa shape index (κ1) is 40.9. The Balaban J connectivity index is 1.57. The molecule has 11 nitrogen and oxygen atoms in total. The number of benzene rings is 1. The van der Waals surface area contributed by atoms with Gasteiger partial charge in [0.25, 0.3) is 0 Å². The molecule has 0 aliphatic heterocycles. The van der Waals surface area contributed by atoms with Gasteiger partial charge in [-0.05, 0) is 49.3 Å². The fourth-order valence-electron chi connectivity index (χ4n) is 7.08. The van der Waals surface area contributed by atoms with Crippen LogP contribution in [0.25, 0.3) is 0 Å². The van der Waals surface area contributed by atoms with Crippen LogP contribution in [0.2, 0.25) is 0 Å². The lowest BCUT2D eigenvalue weighted by molar-refractivity contribution is -0.144. The highest BCUT2D eigenvalue weighted by Gasteiger charge is 2.35. The largest absolute Gasteiger partial charge is 0.390 e. The lowest BCUT2D eigenvalue weighted by Gasteiger charge is -2.34. The molecule has 5 N–H and O–H groups in total. The van der Waals surface area contributed by atoms with Crippen LogP contribution in [0, 0.1) is 17.8 Å². The Morgan fingerprint density at radius 1 is 0.981 bits per heavy atom. The van der Waals surface area contributed by atoms with Crippen LogP contribution >= 0.6 is 11.3 Å². The van der Waals surface area contributed by atoms with Gasteiger partial charge in [0.1, 0.15) is 12.6 Å². The number of hydrogen-bond acceptors (Lipinski definition) is 9. The molecule has 12 heteroatoms. The molecule has 0 bridgehead atoms. The van der Waals surface area contributed by atoms with E-state index in [1.807, 2.05) is 69.3 Å². The van der Waals surface area contributed by atoms with E-state index < -0.39 is 36.1 Å². The van der Waals surface area contributed by atoms with E-state index in [-0.39, 0.29) is 37.1 Å². The Morgan fingerprint density at radius 2 is 1.69 bits per heavy atom. The third-order valence-corrected chi connectivity index (χ3v) is 10.9. The average molecular weight is 735 g/mol. The average Bonchev–Trinajstić information content (AvgIpc) is 3.56. The summed E-state index contributed by atoms with van der Waals surface area (Å²) in [4.78, 5) is 54.2. The maximum Gasteiger partial charge on any atom is 0.241 e. The number of amides is 3. The summed E-state index contributed by atoms with van der Waals surface area (Å²) < 4.78 is 0. The van der Waals surface area contributed by atoms with Crippen molar-refractivity contribution in [3.8, 4) is 0 Å². The number of hydrogen-bond donors (Lipinski definition) is 4. The van der Waals surface area contributed by atoms with Gasteiger partial charge in [-0.1, -0.05) is 82.3 Å². The molecule has 5 atom stereocenters. The number of anilines is 1. The van der Waals surface area contributed by atoms with Crippen LogP contribution in [0.3, 0.4) is 0 Å². The van der Waals surface area contributed by atoms with E-state index in [0.29, 0.717) is 42.6 Å². The number of aliphatic hydroxyl groups excluding tert-OH is 2. The molecule has 284 valence electrons. The maximum absolute atomic E-state index is 14.4. The lowest BCUT2D eigenvalue weighted by Crippen LogP contribution is -2.52. The van der Waals surface area contributed by atoms with E-state index in [0.717, 1.165) is 36.9 Å². The zero-order valence-electron chi connectivity index (χ0n) is 31.2. The first-order valence-electron chi connectivity index (χ1n) is 18.8. The second kappa shape index (κ2) is 20.4. The molecule has 0 spiro atoms. The highest BCUT2D eigenvalue weighted by molar-refractivity contribution is 7.13. The van der Waals surface area contributed by atoms with Gasteiger partial charge in [-0.2, -0.15) is 0 Å². The number of likely N-dealkylation sites (N-methyl/N-ethyl adjacent to an activating group) is 1. The number of rotatable bonds is 19. The van der Waals surface area contributed by atoms with Gasteiger partial charge < -0.3 is 31.1 Å². The van der Waals surface area contributed by atoms with E-state index in [2.05, 4.69) is 15.3 Å². The quantitative estimate of drug-likeness (QED) is 0.131. The monoisotopic (exact) mass is 734 g/mol. The number of aliphatic hydroxyl groups is 2. The zero-order valence-corrected chi connectivity index (χ0v) is 32.0. The van der Waals surface area contributed by atoms with Crippen LogP contribution in [0.5, 0.6) is 0 Å². The van der Waals surface area contributed by atoms with Gasteiger partial charge in [0.05, 0.1) is 29.8 Å². The second-order valence-corrected chi connectivity index (χ2v) is 15.7. The molecule has 3 aromatic rings. The summed E-state index contributed by atoms with van der Waals surface area (Å²) in [5.41, 5.74) is 8.27. The molecule has 0 saturated heterocycles. The number of nitrogens with two attached hydrogens (primary N) is 1. The van der Waals surface area contributed by atoms with E-state index in [9.17, 15) is 24.6 Å². The third kappa shape index (κ3) is 12.7. The number of nitrogens with zero attached hydrogens (tertiary/aromatic N) is 4. The van der Waals surface area contributed by atoms with Crippen molar-refractivity contribution in [3.63, 3.8) is 0 Å². The Hall–Kier alpha value is -3.87. The third-order valence-electron chi connectivity index (χ3n) is 10.2. The van der Waals surface area contributed by atoms with Gasteiger partial charge in [0, 0.05) is 50.1 Å². The van der Waals surface area contributed by atoms with Crippen molar-refractivity contribution in [2.45, 2.75) is 109 Å². The minimum Gasteiger partial charge on any atom is -0.390 e. The molecule has 1 aromatic carbocycles. The van der Waals surface area contributed by atoms with Crippen molar-refractivity contribution in [1.29, 1.82) is 0 Å². The molecule has 1 aliphatic carbocycles. The zero-order chi connectivity index (χ0) is 37.6. The summed E-state index contributed by atoms with van der Waals surface area (Å²) in [7, 11) is 1.72. The van der Waals surface area contributed by atoms with Crippen LogP contribution in [-0.4, -0.2) is 86.1 Å². The van der Waals surface area contributed by atoms with E-state index in [1.54, 1.807) is 28.4 Å². The second-order valence-electron chi connectivity index (χ2n) is 14.8. The number of pyridine rings is 1. The van der Waals surface area contributed by atoms with Gasteiger partial charge in [0.2, 0.25) is 17.7 Å². The van der Waals surface area contributed by atoms with Gasteiger partial charge in [-0.25, -0.2) is 4.98 Å². The Labute approximate surface area is 313 Å². The van der Waals surface area contributed by atoms with E-state index >= 15 is 0 Å². The molecule has 0 radical (unpaired) electrons. The molecule has 2 aromatic heterocycles. The summed E-state index contributed by atoms with van der Waals surface area (Å²) >= 11 is 1.26. The smallest absolute Gasteiger partial charge is 0.241 e.